The van der Waals surface area contributed by atoms with Crippen molar-refractivity contribution >= 4 is 11.9 Å². The highest BCUT2D eigenvalue weighted by Crippen LogP contribution is 2.15. The second-order valence-electron chi connectivity index (χ2n) is 6.38. The summed E-state index contributed by atoms with van der Waals surface area (Å²) < 4.78 is 7.85. The maximum Gasteiger partial charge on any atom is 0.143 e. The van der Waals surface area contributed by atoms with E-state index in [9.17, 15) is 0 Å². The number of imidazole rings is 1. The van der Waals surface area contributed by atoms with Crippen LogP contribution in [0.5, 0.6) is 5.75 Å². The SMILES string of the molecule is Cc1cccn2cc(COc3ccc(/C=N/OCc4cccnc4)cc3)nc12. The first kappa shape index (κ1) is 17.7. The quantitative estimate of drug-likeness (QED) is 0.361. The first-order chi connectivity index (χ1) is 13.8. The zero-order valence-corrected chi connectivity index (χ0v) is 15.5. The molecule has 0 spiro atoms. The average Bonchev–Trinajstić information content (AvgIpc) is 3.16. The molecule has 28 heavy (non-hydrogen) atoms. The van der Waals surface area contributed by atoms with Crippen LogP contribution in [0.4, 0.5) is 0 Å². The van der Waals surface area contributed by atoms with Gasteiger partial charge in [-0.05, 0) is 54.4 Å². The number of hydrogen-bond acceptors (Lipinski definition) is 5. The van der Waals surface area contributed by atoms with Gasteiger partial charge in [-0.2, -0.15) is 0 Å². The highest BCUT2D eigenvalue weighted by atomic mass is 16.6. The summed E-state index contributed by atoms with van der Waals surface area (Å²) in [5.41, 5.74) is 4.90. The number of fused-ring (bicyclic) bond motifs is 1. The highest BCUT2D eigenvalue weighted by Gasteiger charge is 2.04. The molecule has 0 fully saturated rings. The largest absolute Gasteiger partial charge is 0.487 e. The van der Waals surface area contributed by atoms with E-state index in [1.165, 1.54) is 0 Å². The Bertz CT molecular complexity index is 1070. The lowest BCUT2D eigenvalue weighted by Crippen LogP contribution is -1.95. The summed E-state index contributed by atoms with van der Waals surface area (Å²) >= 11 is 0. The molecule has 3 aromatic heterocycles. The third-order valence-corrected chi connectivity index (χ3v) is 4.22. The van der Waals surface area contributed by atoms with Gasteiger partial charge in [-0.25, -0.2) is 4.98 Å². The number of aryl methyl sites for hydroxylation is 1. The van der Waals surface area contributed by atoms with Crippen molar-refractivity contribution in [2.75, 3.05) is 0 Å². The molecule has 6 nitrogen and oxygen atoms in total. The Kier molecular flexibility index (Phi) is 5.29. The lowest BCUT2D eigenvalue weighted by atomic mass is 10.2. The lowest BCUT2D eigenvalue weighted by Gasteiger charge is -2.04. The Hall–Kier alpha value is -3.67. The molecular weight excluding hydrogens is 352 g/mol. The predicted molar refractivity (Wildman–Crippen MR) is 107 cm³/mol. The topological polar surface area (TPSA) is 61.0 Å². The smallest absolute Gasteiger partial charge is 0.143 e. The Morgan fingerprint density at radius 1 is 1.07 bits per heavy atom. The van der Waals surface area contributed by atoms with Crippen LogP contribution in [0, 0.1) is 6.92 Å². The van der Waals surface area contributed by atoms with Gasteiger partial charge in [0.1, 0.15) is 24.6 Å². The second kappa shape index (κ2) is 8.35. The number of aromatic nitrogens is 3. The van der Waals surface area contributed by atoms with Crippen molar-refractivity contribution in [3.8, 4) is 5.75 Å². The molecule has 0 atom stereocenters. The minimum absolute atomic E-state index is 0.393. The first-order valence-corrected chi connectivity index (χ1v) is 8.98. The number of pyridine rings is 2. The summed E-state index contributed by atoms with van der Waals surface area (Å²) in [6, 6.07) is 15.5. The maximum atomic E-state index is 5.84. The van der Waals surface area contributed by atoms with Crippen molar-refractivity contribution < 1.29 is 9.57 Å². The van der Waals surface area contributed by atoms with Gasteiger partial charge < -0.3 is 14.0 Å². The van der Waals surface area contributed by atoms with Crippen LogP contribution in [0.15, 0.2) is 78.5 Å². The van der Waals surface area contributed by atoms with Crippen molar-refractivity contribution in [2.24, 2.45) is 5.16 Å². The molecule has 0 saturated carbocycles. The number of ether oxygens (including phenoxy) is 1. The minimum atomic E-state index is 0.393. The number of nitrogens with zero attached hydrogens (tertiary/aromatic N) is 4. The standard InChI is InChI=1S/C22H20N4O2/c1-17-4-3-11-26-14-20(25-22(17)26)16-27-21-8-6-18(7-9-21)13-24-28-15-19-5-2-10-23-12-19/h2-14H,15-16H2,1H3/b24-13+. The Morgan fingerprint density at radius 3 is 2.75 bits per heavy atom. The van der Waals surface area contributed by atoms with Crippen molar-refractivity contribution in [2.45, 2.75) is 20.1 Å². The van der Waals surface area contributed by atoms with Gasteiger partial charge in [0.15, 0.2) is 0 Å². The molecule has 0 saturated heterocycles. The van der Waals surface area contributed by atoms with Crippen molar-refractivity contribution in [3.05, 3.63) is 95.7 Å². The summed E-state index contributed by atoms with van der Waals surface area (Å²) in [7, 11) is 0. The Labute approximate surface area is 163 Å². The van der Waals surface area contributed by atoms with Gasteiger partial charge in [-0.1, -0.05) is 17.3 Å². The third kappa shape index (κ3) is 4.35. The molecule has 0 aliphatic rings. The summed E-state index contributed by atoms with van der Waals surface area (Å²) in [5, 5.41) is 3.99. The van der Waals surface area contributed by atoms with E-state index in [-0.39, 0.29) is 0 Å². The third-order valence-electron chi connectivity index (χ3n) is 4.22. The molecule has 1 aromatic carbocycles. The van der Waals surface area contributed by atoms with E-state index in [0.717, 1.165) is 33.8 Å². The molecule has 0 bridgehead atoms. The number of hydrogen-bond donors (Lipinski definition) is 0. The van der Waals surface area contributed by atoms with E-state index >= 15 is 0 Å². The average molecular weight is 372 g/mol. The van der Waals surface area contributed by atoms with E-state index in [2.05, 4.69) is 15.1 Å². The van der Waals surface area contributed by atoms with Gasteiger partial charge in [0.2, 0.25) is 0 Å². The molecule has 4 rings (SSSR count). The summed E-state index contributed by atoms with van der Waals surface area (Å²) in [6.45, 7) is 2.86. The number of rotatable bonds is 7. The monoisotopic (exact) mass is 372 g/mol. The fraction of sp³-hybridized carbons (Fsp3) is 0.136. The molecule has 140 valence electrons. The summed E-state index contributed by atoms with van der Waals surface area (Å²) in [6.07, 6.45) is 9.13. The Balaban J connectivity index is 1.30. The van der Waals surface area contributed by atoms with Gasteiger partial charge in [-0.15, -0.1) is 0 Å². The molecule has 0 aliphatic heterocycles. The molecule has 4 aromatic rings. The normalized spacial score (nSPS) is 11.2. The fourth-order valence-electron chi connectivity index (χ4n) is 2.77. The van der Waals surface area contributed by atoms with E-state index in [0.29, 0.717) is 13.2 Å². The van der Waals surface area contributed by atoms with E-state index < -0.39 is 0 Å². The molecule has 0 N–H and O–H groups in total. The van der Waals surface area contributed by atoms with Crippen LogP contribution in [-0.4, -0.2) is 20.6 Å². The molecule has 6 heteroatoms. The van der Waals surface area contributed by atoms with Crippen LogP contribution in [-0.2, 0) is 18.1 Å². The zero-order chi connectivity index (χ0) is 19.2. The van der Waals surface area contributed by atoms with Crippen molar-refractivity contribution in [1.29, 1.82) is 0 Å². The fourth-order valence-corrected chi connectivity index (χ4v) is 2.77. The zero-order valence-electron chi connectivity index (χ0n) is 15.5. The van der Waals surface area contributed by atoms with Crippen LogP contribution in [0.3, 0.4) is 0 Å². The van der Waals surface area contributed by atoms with Crippen molar-refractivity contribution in [3.63, 3.8) is 0 Å². The predicted octanol–water partition coefficient (Wildman–Crippen LogP) is 4.17. The second-order valence-corrected chi connectivity index (χ2v) is 6.38. The van der Waals surface area contributed by atoms with Crippen LogP contribution in [0.1, 0.15) is 22.4 Å². The van der Waals surface area contributed by atoms with E-state index in [1.807, 2.05) is 72.2 Å². The highest BCUT2D eigenvalue weighted by molar-refractivity contribution is 5.79. The summed E-state index contributed by atoms with van der Waals surface area (Å²) in [4.78, 5) is 13.9. The summed E-state index contributed by atoms with van der Waals surface area (Å²) in [5.74, 6) is 0.780. The molecule has 0 aliphatic carbocycles. The maximum absolute atomic E-state index is 5.84. The molecule has 0 amide bonds. The Morgan fingerprint density at radius 2 is 1.96 bits per heavy atom. The van der Waals surface area contributed by atoms with Crippen LogP contribution >= 0.6 is 0 Å². The number of benzene rings is 1. The molecule has 0 radical (unpaired) electrons. The van der Waals surface area contributed by atoms with Gasteiger partial charge in [0.25, 0.3) is 0 Å². The van der Waals surface area contributed by atoms with Gasteiger partial charge >= 0.3 is 0 Å². The molecular formula is C22H20N4O2. The van der Waals surface area contributed by atoms with Crippen molar-refractivity contribution in [1.82, 2.24) is 14.4 Å². The van der Waals surface area contributed by atoms with Crippen LogP contribution < -0.4 is 4.74 Å². The van der Waals surface area contributed by atoms with Gasteiger partial charge in [0.05, 0.1) is 11.9 Å². The van der Waals surface area contributed by atoms with Crippen LogP contribution in [0.25, 0.3) is 5.65 Å². The van der Waals surface area contributed by atoms with E-state index in [1.54, 1.807) is 18.6 Å². The van der Waals surface area contributed by atoms with E-state index in [4.69, 9.17) is 9.57 Å². The minimum Gasteiger partial charge on any atom is -0.487 e. The molecule has 0 unspecified atom stereocenters. The molecule has 3 heterocycles. The lowest BCUT2D eigenvalue weighted by molar-refractivity contribution is 0.132. The van der Waals surface area contributed by atoms with Gasteiger partial charge in [-0.3, -0.25) is 4.98 Å². The van der Waals surface area contributed by atoms with Gasteiger partial charge in [0, 0.05) is 30.4 Å². The number of oxime groups is 1. The first-order valence-electron chi connectivity index (χ1n) is 8.98. The van der Waals surface area contributed by atoms with Crippen LogP contribution in [0.2, 0.25) is 0 Å².